The monoisotopic (exact) mass is 255 g/mol. The first-order valence-electron chi connectivity index (χ1n) is 6.76. The van der Waals surface area contributed by atoms with Crippen LogP contribution in [0.4, 0.5) is 10.1 Å². The maximum atomic E-state index is 13.6. The summed E-state index contributed by atoms with van der Waals surface area (Å²) in [6.45, 7) is 4.12. The Balaban J connectivity index is 2.09. The van der Waals surface area contributed by atoms with Gasteiger partial charge >= 0.3 is 0 Å². The van der Waals surface area contributed by atoms with Crippen LogP contribution in [0.3, 0.4) is 0 Å². The molecule has 0 aromatic heterocycles. The fourth-order valence-electron chi connectivity index (χ4n) is 3.02. The molecule has 2 aromatic rings. The number of hydrogen-bond acceptors (Lipinski definition) is 1. The van der Waals surface area contributed by atoms with E-state index >= 15 is 0 Å². The Morgan fingerprint density at radius 2 is 1.95 bits per heavy atom. The molecule has 2 heteroatoms. The molecule has 19 heavy (non-hydrogen) atoms. The second kappa shape index (κ2) is 4.69. The smallest absolute Gasteiger partial charge is 0.123 e. The van der Waals surface area contributed by atoms with Gasteiger partial charge in [-0.1, -0.05) is 24.3 Å². The van der Waals surface area contributed by atoms with Gasteiger partial charge in [-0.15, -0.1) is 0 Å². The molecule has 1 N–H and O–H groups in total. The van der Waals surface area contributed by atoms with Gasteiger partial charge in [0.15, 0.2) is 0 Å². The van der Waals surface area contributed by atoms with E-state index in [-0.39, 0.29) is 11.7 Å². The summed E-state index contributed by atoms with van der Waals surface area (Å²) < 4.78 is 13.6. The first-order chi connectivity index (χ1) is 9.13. The fraction of sp³-hybridized carbons (Fsp3) is 0.294. The van der Waals surface area contributed by atoms with Crippen LogP contribution in [0.2, 0.25) is 0 Å². The SMILES string of the molecule is Cc1cc(F)cc(C2CC(C)Nc3ccccc32)c1. The lowest BCUT2D eigenvalue weighted by Gasteiger charge is -2.32. The van der Waals surface area contributed by atoms with Crippen LogP contribution in [0.1, 0.15) is 36.0 Å². The molecule has 0 amide bonds. The highest BCUT2D eigenvalue weighted by molar-refractivity contribution is 5.58. The number of aryl methyl sites for hydroxylation is 1. The van der Waals surface area contributed by atoms with Gasteiger partial charge in [0.1, 0.15) is 5.82 Å². The maximum absolute atomic E-state index is 13.6. The van der Waals surface area contributed by atoms with Crippen molar-refractivity contribution < 1.29 is 4.39 Å². The minimum absolute atomic E-state index is 0.140. The number of rotatable bonds is 1. The number of anilines is 1. The van der Waals surface area contributed by atoms with Crippen molar-refractivity contribution in [1.29, 1.82) is 0 Å². The highest BCUT2D eigenvalue weighted by Crippen LogP contribution is 2.38. The van der Waals surface area contributed by atoms with Gasteiger partial charge in [-0.3, -0.25) is 0 Å². The third kappa shape index (κ3) is 2.35. The first kappa shape index (κ1) is 12.2. The topological polar surface area (TPSA) is 12.0 Å². The summed E-state index contributed by atoms with van der Waals surface area (Å²) in [5, 5.41) is 3.50. The first-order valence-corrected chi connectivity index (χ1v) is 6.76. The Labute approximate surface area is 113 Å². The summed E-state index contributed by atoms with van der Waals surface area (Å²) in [7, 11) is 0. The number of nitrogens with one attached hydrogen (secondary N) is 1. The molecule has 1 heterocycles. The highest BCUT2D eigenvalue weighted by Gasteiger charge is 2.25. The van der Waals surface area contributed by atoms with Crippen molar-refractivity contribution in [3.63, 3.8) is 0 Å². The van der Waals surface area contributed by atoms with Crippen molar-refractivity contribution in [3.8, 4) is 0 Å². The fourth-order valence-corrected chi connectivity index (χ4v) is 3.02. The Kier molecular flexibility index (Phi) is 3.02. The molecule has 0 saturated carbocycles. The molecule has 2 aromatic carbocycles. The molecule has 0 saturated heterocycles. The van der Waals surface area contributed by atoms with Gasteiger partial charge in [0, 0.05) is 17.6 Å². The average molecular weight is 255 g/mol. The molecule has 1 nitrogen and oxygen atoms in total. The van der Waals surface area contributed by atoms with Gasteiger partial charge in [-0.2, -0.15) is 0 Å². The van der Waals surface area contributed by atoms with Crippen LogP contribution in [0.25, 0.3) is 0 Å². The Bertz CT molecular complexity index is 586. The van der Waals surface area contributed by atoms with Crippen LogP contribution in [0, 0.1) is 12.7 Å². The van der Waals surface area contributed by atoms with Crippen LogP contribution in [0.5, 0.6) is 0 Å². The van der Waals surface area contributed by atoms with Gasteiger partial charge < -0.3 is 5.32 Å². The number of benzene rings is 2. The van der Waals surface area contributed by atoms with Crippen molar-refractivity contribution in [2.75, 3.05) is 5.32 Å². The van der Waals surface area contributed by atoms with Crippen molar-refractivity contribution in [2.45, 2.75) is 32.2 Å². The van der Waals surface area contributed by atoms with E-state index in [4.69, 9.17) is 0 Å². The molecule has 0 spiro atoms. The van der Waals surface area contributed by atoms with Crippen LogP contribution in [0.15, 0.2) is 42.5 Å². The standard InChI is InChI=1S/C17H18FN/c1-11-7-13(10-14(18)8-11)16-9-12(2)19-17-6-4-3-5-15(16)17/h3-8,10,12,16,19H,9H2,1-2H3. The molecule has 98 valence electrons. The molecular formula is C17H18FN. The largest absolute Gasteiger partial charge is 0.382 e. The third-order valence-corrected chi connectivity index (χ3v) is 3.79. The number of hydrogen-bond donors (Lipinski definition) is 1. The zero-order chi connectivity index (χ0) is 13.4. The van der Waals surface area contributed by atoms with Crippen LogP contribution in [-0.4, -0.2) is 6.04 Å². The molecule has 3 rings (SSSR count). The van der Waals surface area contributed by atoms with Crippen molar-refractivity contribution in [1.82, 2.24) is 0 Å². The molecule has 0 aliphatic carbocycles. The second-order valence-corrected chi connectivity index (χ2v) is 5.48. The van der Waals surface area contributed by atoms with E-state index in [0.29, 0.717) is 6.04 Å². The van der Waals surface area contributed by atoms with E-state index in [0.717, 1.165) is 17.5 Å². The minimum Gasteiger partial charge on any atom is -0.382 e. The zero-order valence-corrected chi connectivity index (χ0v) is 11.3. The van der Waals surface area contributed by atoms with Crippen molar-refractivity contribution in [2.24, 2.45) is 0 Å². The normalized spacial score (nSPS) is 21.6. The van der Waals surface area contributed by atoms with Crippen LogP contribution >= 0.6 is 0 Å². The van der Waals surface area contributed by atoms with Gasteiger partial charge in [0.2, 0.25) is 0 Å². The van der Waals surface area contributed by atoms with Gasteiger partial charge in [-0.25, -0.2) is 4.39 Å². The van der Waals surface area contributed by atoms with Crippen molar-refractivity contribution >= 4 is 5.69 Å². The summed E-state index contributed by atoms with van der Waals surface area (Å²) in [4.78, 5) is 0. The van der Waals surface area contributed by atoms with E-state index in [9.17, 15) is 4.39 Å². The molecule has 0 bridgehead atoms. The van der Waals surface area contributed by atoms with E-state index in [2.05, 4.69) is 36.5 Å². The summed E-state index contributed by atoms with van der Waals surface area (Å²) in [6, 6.07) is 14.1. The summed E-state index contributed by atoms with van der Waals surface area (Å²) in [5.74, 6) is 0.139. The van der Waals surface area contributed by atoms with E-state index in [1.54, 1.807) is 12.1 Å². The third-order valence-electron chi connectivity index (χ3n) is 3.79. The lowest BCUT2D eigenvalue weighted by molar-refractivity contribution is 0.596. The van der Waals surface area contributed by atoms with Crippen LogP contribution in [-0.2, 0) is 0 Å². The molecule has 0 radical (unpaired) electrons. The molecule has 1 aliphatic rings. The molecule has 2 atom stereocenters. The number of halogens is 1. The Morgan fingerprint density at radius 3 is 2.74 bits per heavy atom. The predicted molar refractivity (Wildman–Crippen MR) is 77.1 cm³/mol. The van der Waals surface area contributed by atoms with E-state index < -0.39 is 0 Å². The lowest BCUT2D eigenvalue weighted by atomic mass is 9.82. The summed E-state index contributed by atoms with van der Waals surface area (Å²) in [6.07, 6.45) is 1.000. The van der Waals surface area contributed by atoms with Gasteiger partial charge in [-0.05, 0) is 55.2 Å². The maximum Gasteiger partial charge on any atom is 0.123 e. The zero-order valence-electron chi connectivity index (χ0n) is 11.3. The molecule has 1 aliphatic heterocycles. The van der Waals surface area contributed by atoms with E-state index in [1.807, 2.05) is 13.0 Å². The van der Waals surface area contributed by atoms with Crippen LogP contribution < -0.4 is 5.32 Å². The average Bonchev–Trinajstić information content (AvgIpc) is 2.36. The Morgan fingerprint density at radius 1 is 1.16 bits per heavy atom. The highest BCUT2D eigenvalue weighted by atomic mass is 19.1. The predicted octanol–water partition coefficient (Wildman–Crippen LogP) is 4.47. The molecular weight excluding hydrogens is 237 g/mol. The van der Waals surface area contributed by atoms with Crippen molar-refractivity contribution in [3.05, 3.63) is 65.0 Å². The quantitative estimate of drug-likeness (QED) is 0.792. The van der Waals surface area contributed by atoms with E-state index in [1.165, 1.54) is 11.3 Å². The summed E-state index contributed by atoms with van der Waals surface area (Å²) in [5.41, 5.74) is 4.51. The second-order valence-electron chi connectivity index (χ2n) is 5.48. The minimum atomic E-state index is -0.140. The number of fused-ring (bicyclic) bond motifs is 1. The lowest BCUT2D eigenvalue weighted by Crippen LogP contribution is -2.25. The summed E-state index contributed by atoms with van der Waals surface area (Å²) >= 11 is 0. The Hall–Kier alpha value is -1.83. The van der Waals surface area contributed by atoms with Gasteiger partial charge in [0.25, 0.3) is 0 Å². The van der Waals surface area contributed by atoms with Gasteiger partial charge in [0.05, 0.1) is 0 Å². The number of para-hydroxylation sites is 1. The molecule has 2 unspecified atom stereocenters. The molecule has 0 fully saturated rings.